The van der Waals surface area contributed by atoms with Crippen LogP contribution in [0.1, 0.15) is 37.7 Å². The van der Waals surface area contributed by atoms with Crippen LogP contribution in [-0.4, -0.2) is 39.6 Å². The Hall–Kier alpha value is -1.62. The maximum Gasteiger partial charge on any atom is 0.226 e. The Balaban J connectivity index is 0.00000225. The summed E-state index contributed by atoms with van der Waals surface area (Å²) in [6.45, 7) is 0.830. The van der Waals surface area contributed by atoms with E-state index in [0.717, 1.165) is 60.4 Å². The van der Waals surface area contributed by atoms with Crippen molar-refractivity contribution in [2.75, 3.05) is 6.54 Å². The van der Waals surface area contributed by atoms with Crippen LogP contribution in [0.3, 0.4) is 0 Å². The lowest BCUT2D eigenvalue weighted by Crippen LogP contribution is -2.41. The monoisotopic (exact) mass is 420 g/mol. The second kappa shape index (κ2) is 9.25. The number of amides is 1. The summed E-state index contributed by atoms with van der Waals surface area (Å²) in [4.78, 5) is 19.0. The smallest absolute Gasteiger partial charge is 0.226 e. The van der Waals surface area contributed by atoms with Gasteiger partial charge in [-0.1, -0.05) is 23.7 Å². The van der Waals surface area contributed by atoms with Crippen molar-refractivity contribution in [1.29, 1.82) is 0 Å². The zero-order valence-corrected chi connectivity index (χ0v) is 17.3. The van der Waals surface area contributed by atoms with Gasteiger partial charge in [-0.15, -0.1) is 12.4 Å². The predicted molar refractivity (Wildman–Crippen MR) is 114 cm³/mol. The highest BCUT2D eigenvalue weighted by atomic mass is 35.5. The van der Waals surface area contributed by atoms with Gasteiger partial charge in [0.05, 0.1) is 6.10 Å². The van der Waals surface area contributed by atoms with Crippen LogP contribution in [0.4, 0.5) is 0 Å². The van der Waals surface area contributed by atoms with Gasteiger partial charge in [0, 0.05) is 35.9 Å². The highest BCUT2D eigenvalue weighted by Crippen LogP contribution is 2.33. The molecule has 1 N–H and O–H groups in total. The summed E-state index contributed by atoms with van der Waals surface area (Å²) in [6, 6.07) is 10.3. The summed E-state index contributed by atoms with van der Waals surface area (Å²) in [5.74, 6) is 0.270. The Bertz CT molecular complexity index is 807. The Labute approximate surface area is 177 Å². The summed E-state index contributed by atoms with van der Waals surface area (Å²) in [6.07, 6.45) is 8.39. The maximum absolute atomic E-state index is 12.9. The van der Waals surface area contributed by atoms with Crippen LogP contribution < -0.4 is 0 Å². The fourth-order valence-corrected chi connectivity index (χ4v) is 4.64. The van der Waals surface area contributed by atoms with Crippen LogP contribution in [0.5, 0.6) is 0 Å². The quantitative estimate of drug-likeness (QED) is 0.790. The lowest BCUT2D eigenvalue weighted by atomic mass is 9.92. The van der Waals surface area contributed by atoms with Gasteiger partial charge < -0.3 is 10.0 Å². The topological polar surface area (TPSA) is 53.4 Å². The minimum Gasteiger partial charge on any atom is -0.393 e. The van der Waals surface area contributed by atoms with E-state index in [9.17, 15) is 9.90 Å². The molecule has 2 fully saturated rings. The number of aromatic nitrogens is 1. The number of carbonyl (C=O) groups is 1. The molecule has 1 aromatic carbocycles. The van der Waals surface area contributed by atoms with Crippen molar-refractivity contribution in [3.63, 3.8) is 0 Å². The average Bonchev–Trinajstić information content (AvgIpc) is 3.05. The summed E-state index contributed by atoms with van der Waals surface area (Å²) in [7, 11) is 0. The standard InChI is InChI=1S/C22H25ClN2O2.ClH/c23-21-14-16(15-7-10-24-11-8-15)1-2-17(21)13-18-9-12-25(22(18)27)19-3-5-20(26)6-4-19;/h1-2,7-8,10-11,14,18-20,26H,3-6,9,12-13H2;1H/t18?,19-,20+;. The van der Waals surface area contributed by atoms with Gasteiger partial charge in [0.1, 0.15) is 0 Å². The number of nitrogens with zero attached hydrogens (tertiary/aromatic N) is 2. The van der Waals surface area contributed by atoms with E-state index < -0.39 is 0 Å². The lowest BCUT2D eigenvalue weighted by Gasteiger charge is -2.33. The van der Waals surface area contributed by atoms with Crippen LogP contribution in [0.2, 0.25) is 5.02 Å². The van der Waals surface area contributed by atoms with Gasteiger partial charge in [-0.05, 0) is 73.4 Å². The molecule has 6 heteroatoms. The van der Waals surface area contributed by atoms with Gasteiger partial charge in [-0.25, -0.2) is 0 Å². The number of benzene rings is 1. The van der Waals surface area contributed by atoms with Crippen molar-refractivity contribution in [2.24, 2.45) is 5.92 Å². The first-order valence-corrected chi connectivity index (χ1v) is 10.2. The molecule has 4 nitrogen and oxygen atoms in total. The Kier molecular flexibility index (Phi) is 6.97. The maximum atomic E-state index is 12.9. The third-order valence-electron chi connectivity index (χ3n) is 5.99. The van der Waals surface area contributed by atoms with Gasteiger partial charge in [0.25, 0.3) is 0 Å². The highest BCUT2D eigenvalue weighted by Gasteiger charge is 2.37. The second-order valence-corrected chi connectivity index (χ2v) is 8.13. The Morgan fingerprint density at radius 3 is 2.43 bits per heavy atom. The Morgan fingerprint density at radius 2 is 1.75 bits per heavy atom. The molecule has 2 aliphatic rings. The minimum atomic E-state index is -0.188. The number of pyridine rings is 1. The zero-order chi connectivity index (χ0) is 18.8. The van der Waals surface area contributed by atoms with Crippen molar-refractivity contribution in [3.8, 4) is 11.1 Å². The minimum absolute atomic E-state index is 0. The molecular weight excluding hydrogens is 395 g/mol. The average molecular weight is 421 g/mol. The summed E-state index contributed by atoms with van der Waals surface area (Å²) >= 11 is 6.54. The van der Waals surface area contributed by atoms with Crippen molar-refractivity contribution in [3.05, 3.63) is 53.3 Å². The Morgan fingerprint density at radius 1 is 1.04 bits per heavy atom. The molecule has 4 rings (SSSR count). The first kappa shape index (κ1) is 21.1. The summed E-state index contributed by atoms with van der Waals surface area (Å²) in [5.41, 5.74) is 3.18. The van der Waals surface area contributed by atoms with E-state index in [1.807, 2.05) is 24.3 Å². The van der Waals surface area contributed by atoms with Crippen LogP contribution >= 0.6 is 24.0 Å². The summed E-state index contributed by atoms with van der Waals surface area (Å²) < 4.78 is 0. The third kappa shape index (κ3) is 4.51. The van der Waals surface area contributed by atoms with E-state index in [1.54, 1.807) is 12.4 Å². The van der Waals surface area contributed by atoms with Crippen LogP contribution in [0, 0.1) is 5.92 Å². The van der Waals surface area contributed by atoms with Crippen molar-refractivity contribution >= 4 is 29.9 Å². The number of rotatable bonds is 4. The number of hydrogen-bond donors (Lipinski definition) is 1. The molecule has 1 saturated heterocycles. The molecule has 1 aliphatic carbocycles. The van der Waals surface area contributed by atoms with E-state index in [4.69, 9.17) is 11.6 Å². The molecule has 2 heterocycles. The molecular formula is C22H26Cl2N2O2. The van der Waals surface area contributed by atoms with E-state index in [1.165, 1.54) is 0 Å². The van der Waals surface area contributed by atoms with E-state index in [0.29, 0.717) is 12.5 Å². The number of halogens is 2. The van der Waals surface area contributed by atoms with Crippen molar-refractivity contribution in [2.45, 2.75) is 50.7 Å². The highest BCUT2D eigenvalue weighted by molar-refractivity contribution is 6.31. The molecule has 0 bridgehead atoms. The fraction of sp³-hybridized carbons (Fsp3) is 0.455. The zero-order valence-electron chi connectivity index (χ0n) is 15.8. The van der Waals surface area contributed by atoms with Crippen LogP contribution in [0.25, 0.3) is 11.1 Å². The van der Waals surface area contributed by atoms with Gasteiger partial charge in [0.2, 0.25) is 5.91 Å². The first-order valence-electron chi connectivity index (χ1n) is 9.79. The van der Waals surface area contributed by atoms with Gasteiger partial charge in [0.15, 0.2) is 0 Å². The number of carbonyl (C=O) groups excluding carboxylic acids is 1. The fourth-order valence-electron chi connectivity index (χ4n) is 4.39. The molecule has 150 valence electrons. The van der Waals surface area contributed by atoms with Crippen LogP contribution in [0.15, 0.2) is 42.7 Å². The van der Waals surface area contributed by atoms with E-state index in [2.05, 4.69) is 16.0 Å². The number of aliphatic hydroxyl groups excluding tert-OH is 1. The van der Waals surface area contributed by atoms with E-state index >= 15 is 0 Å². The molecule has 1 saturated carbocycles. The molecule has 28 heavy (non-hydrogen) atoms. The normalized spacial score (nSPS) is 24.9. The molecule has 1 atom stereocenters. The number of aliphatic hydroxyl groups is 1. The molecule has 1 aromatic heterocycles. The van der Waals surface area contributed by atoms with Crippen molar-refractivity contribution < 1.29 is 9.90 Å². The largest absolute Gasteiger partial charge is 0.393 e. The second-order valence-electron chi connectivity index (χ2n) is 7.73. The number of likely N-dealkylation sites (tertiary alicyclic amines) is 1. The van der Waals surface area contributed by atoms with Gasteiger partial charge in [-0.3, -0.25) is 9.78 Å². The molecule has 1 unspecified atom stereocenters. The summed E-state index contributed by atoms with van der Waals surface area (Å²) in [5, 5.41) is 10.4. The van der Waals surface area contributed by atoms with Gasteiger partial charge >= 0.3 is 0 Å². The molecule has 0 spiro atoms. The molecule has 1 amide bonds. The molecule has 1 aliphatic heterocycles. The molecule has 0 radical (unpaired) electrons. The third-order valence-corrected chi connectivity index (χ3v) is 6.34. The number of hydrogen-bond acceptors (Lipinski definition) is 3. The van der Waals surface area contributed by atoms with Gasteiger partial charge in [-0.2, -0.15) is 0 Å². The first-order chi connectivity index (χ1) is 13.1. The van der Waals surface area contributed by atoms with Crippen LogP contribution in [-0.2, 0) is 11.2 Å². The predicted octanol–water partition coefficient (Wildman–Crippen LogP) is 4.52. The van der Waals surface area contributed by atoms with E-state index in [-0.39, 0.29) is 30.3 Å². The lowest BCUT2D eigenvalue weighted by molar-refractivity contribution is -0.133. The SMILES string of the molecule is Cl.O=C1C(Cc2ccc(-c3ccncc3)cc2Cl)CCN1[C@H]1CC[C@@H](O)CC1. The molecule has 2 aromatic rings. The van der Waals surface area contributed by atoms with Crippen molar-refractivity contribution in [1.82, 2.24) is 9.88 Å².